The van der Waals surface area contributed by atoms with E-state index in [0.29, 0.717) is 23.9 Å². The second-order valence-corrected chi connectivity index (χ2v) is 5.37. The van der Waals surface area contributed by atoms with Crippen molar-refractivity contribution >= 4 is 5.84 Å². The molecule has 0 atom stereocenters. The zero-order valence-corrected chi connectivity index (χ0v) is 13.0. The third kappa shape index (κ3) is 5.06. The predicted octanol–water partition coefficient (Wildman–Crippen LogP) is 2.64. The Kier molecular flexibility index (Phi) is 6.14. The fraction of sp³-hybridized carbons (Fsp3) is 0.533. The molecule has 6 nitrogen and oxygen atoms in total. The van der Waals surface area contributed by atoms with Gasteiger partial charge in [0, 0.05) is 23.6 Å². The highest BCUT2D eigenvalue weighted by Crippen LogP contribution is 2.28. The van der Waals surface area contributed by atoms with Crippen molar-refractivity contribution in [3.63, 3.8) is 0 Å². The molecule has 1 aromatic rings. The topological polar surface area (TPSA) is 86.3 Å². The summed E-state index contributed by atoms with van der Waals surface area (Å²) in [5.41, 5.74) is 5.29. The lowest BCUT2D eigenvalue weighted by Crippen LogP contribution is -2.32. The van der Waals surface area contributed by atoms with Gasteiger partial charge in [-0.25, -0.2) is 0 Å². The van der Waals surface area contributed by atoms with E-state index in [0.717, 1.165) is 12.8 Å². The summed E-state index contributed by atoms with van der Waals surface area (Å²) in [7, 11) is 3.19. The van der Waals surface area contributed by atoms with Crippen LogP contribution >= 0.6 is 0 Å². The van der Waals surface area contributed by atoms with Crippen LogP contribution in [0.15, 0.2) is 23.4 Å². The Labute approximate surface area is 125 Å². The zero-order valence-electron chi connectivity index (χ0n) is 13.0. The Balaban J connectivity index is 2.53. The Morgan fingerprint density at radius 1 is 1.14 bits per heavy atom. The van der Waals surface area contributed by atoms with Crippen LogP contribution in [-0.4, -0.2) is 31.9 Å². The zero-order chi connectivity index (χ0) is 15.9. The third-order valence-corrected chi connectivity index (χ3v) is 3.34. The smallest absolute Gasteiger partial charge is 0.144 e. The van der Waals surface area contributed by atoms with Crippen LogP contribution in [0.1, 0.15) is 26.7 Å². The lowest BCUT2D eigenvalue weighted by atomic mass is 9.87. The third-order valence-electron chi connectivity index (χ3n) is 3.34. The summed E-state index contributed by atoms with van der Waals surface area (Å²) < 4.78 is 16.1. The molecule has 1 aromatic carbocycles. The number of rotatable bonds is 8. The summed E-state index contributed by atoms with van der Waals surface area (Å²) in [5, 5.41) is 11.8. The van der Waals surface area contributed by atoms with Gasteiger partial charge in [0.2, 0.25) is 0 Å². The molecule has 118 valence electrons. The van der Waals surface area contributed by atoms with E-state index in [1.807, 2.05) is 13.8 Å². The number of hydrogen-bond donors (Lipinski definition) is 2. The van der Waals surface area contributed by atoms with Crippen molar-refractivity contribution < 1.29 is 19.4 Å². The molecule has 0 amide bonds. The van der Waals surface area contributed by atoms with Crippen LogP contribution in [0.2, 0.25) is 0 Å². The minimum Gasteiger partial charge on any atom is -0.496 e. The number of oxime groups is 1. The van der Waals surface area contributed by atoms with Gasteiger partial charge in [0.15, 0.2) is 0 Å². The quantitative estimate of drug-likeness (QED) is 0.253. The summed E-state index contributed by atoms with van der Waals surface area (Å²) in [6.45, 7) is 4.38. The first-order chi connectivity index (χ1) is 9.92. The highest BCUT2D eigenvalue weighted by atomic mass is 16.5. The number of nitrogens with zero attached hydrogens (tertiary/aromatic N) is 1. The monoisotopic (exact) mass is 296 g/mol. The molecular formula is C15H24N2O4. The molecule has 0 aliphatic carbocycles. The molecule has 0 aliphatic rings. The lowest BCUT2D eigenvalue weighted by molar-refractivity contribution is 0.275. The van der Waals surface area contributed by atoms with Gasteiger partial charge in [-0.2, -0.15) is 0 Å². The minimum atomic E-state index is -0.357. The maximum absolute atomic E-state index is 8.72. The number of benzene rings is 1. The molecule has 0 spiro atoms. The summed E-state index contributed by atoms with van der Waals surface area (Å²) in [6.07, 6.45) is 1.53. The molecule has 0 radical (unpaired) electrons. The normalized spacial score (nSPS) is 12.1. The van der Waals surface area contributed by atoms with Crippen LogP contribution in [0.25, 0.3) is 0 Å². The van der Waals surface area contributed by atoms with Crippen LogP contribution in [0.4, 0.5) is 0 Å². The fourth-order valence-corrected chi connectivity index (χ4v) is 1.83. The minimum absolute atomic E-state index is 0.227. The molecule has 0 bridgehead atoms. The standard InChI is InChI=1S/C15H24N2O4/c1-15(2,14(16)17-18)6-5-7-21-13-9-11(19-3)8-12(10-13)20-4/h8-10,18H,5-7H2,1-4H3,(H2,16,17). The van der Waals surface area contributed by atoms with Gasteiger partial charge in [0.05, 0.1) is 20.8 Å². The first-order valence-corrected chi connectivity index (χ1v) is 6.77. The van der Waals surface area contributed by atoms with E-state index in [4.69, 9.17) is 25.2 Å². The average molecular weight is 296 g/mol. The van der Waals surface area contributed by atoms with Crippen molar-refractivity contribution in [3.8, 4) is 17.2 Å². The molecule has 21 heavy (non-hydrogen) atoms. The molecule has 0 aromatic heterocycles. The number of ether oxygens (including phenoxy) is 3. The highest BCUT2D eigenvalue weighted by molar-refractivity contribution is 5.85. The van der Waals surface area contributed by atoms with Gasteiger partial charge in [0.1, 0.15) is 23.1 Å². The fourth-order valence-electron chi connectivity index (χ4n) is 1.83. The Morgan fingerprint density at radius 3 is 2.14 bits per heavy atom. The van der Waals surface area contributed by atoms with Crippen molar-refractivity contribution in [3.05, 3.63) is 18.2 Å². The Morgan fingerprint density at radius 2 is 1.67 bits per heavy atom. The van der Waals surface area contributed by atoms with E-state index in [2.05, 4.69) is 5.16 Å². The van der Waals surface area contributed by atoms with Gasteiger partial charge in [0.25, 0.3) is 0 Å². The molecule has 3 N–H and O–H groups in total. The van der Waals surface area contributed by atoms with E-state index < -0.39 is 0 Å². The van der Waals surface area contributed by atoms with E-state index in [1.54, 1.807) is 32.4 Å². The molecule has 1 rings (SSSR count). The second kappa shape index (κ2) is 7.61. The molecule has 0 heterocycles. The number of nitrogens with two attached hydrogens (primary N) is 1. The number of methoxy groups -OCH3 is 2. The lowest BCUT2D eigenvalue weighted by Gasteiger charge is -2.22. The highest BCUT2D eigenvalue weighted by Gasteiger charge is 2.22. The van der Waals surface area contributed by atoms with Gasteiger partial charge < -0.3 is 25.2 Å². The van der Waals surface area contributed by atoms with Gasteiger partial charge in [-0.05, 0) is 12.8 Å². The maximum atomic E-state index is 8.72. The Hall–Kier alpha value is -2.11. The maximum Gasteiger partial charge on any atom is 0.144 e. The van der Waals surface area contributed by atoms with E-state index >= 15 is 0 Å². The van der Waals surface area contributed by atoms with Crippen molar-refractivity contribution in [2.24, 2.45) is 16.3 Å². The summed E-state index contributed by atoms with van der Waals surface area (Å²) in [6, 6.07) is 5.39. The summed E-state index contributed by atoms with van der Waals surface area (Å²) in [4.78, 5) is 0. The van der Waals surface area contributed by atoms with E-state index in [9.17, 15) is 0 Å². The molecule has 0 saturated carbocycles. The number of amidine groups is 1. The molecular weight excluding hydrogens is 272 g/mol. The van der Waals surface area contributed by atoms with E-state index in [1.165, 1.54) is 0 Å². The van der Waals surface area contributed by atoms with Gasteiger partial charge >= 0.3 is 0 Å². The van der Waals surface area contributed by atoms with Crippen LogP contribution in [-0.2, 0) is 0 Å². The second-order valence-electron chi connectivity index (χ2n) is 5.37. The van der Waals surface area contributed by atoms with Gasteiger partial charge in [-0.1, -0.05) is 19.0 Å². The SMILES string of the molecule is COc1cc(OC)cc(OCCCC(C)(C)C(N)=NO)c1. The van der Waals surface area contributed by atoms with Crippen molar-refractivity contribution in [2.75, 3.05) is 20.8 Å². The predicted molar refractivity (Wildman–Crippen MR) is 81.5 cm³/mol. The van der Waals surface area contributed by atoms with Crippen LogP contribution in [0.5, 0.6) is 17.2 Å². The van der Waals surface area contributed by atoms with Crippen molar-refractivity contribution in [1.29, 1.82) is 0 Å². The van der Waals surface area contributed by atoms with Crippen molar-refractivity contribution in [2.45, 2.75) is 26.7 Å². The first kappa shape index (κ1) is 16.9. The van der Waals surface area contributed by atoms with Crippen LogP contribution in [0.3, 0.4) is 0 Å². The molecule has 6 heteroatoms. The van der Waals surface area contributed by atoms with Gasteiger partial charge in [-0.3, -0.25) is 0 Å². The van der Waals surface area contributed by atoms with E-state index in [-0.39, 0.29) is 11.3 Å². The summed E-state index contributed by atoms with van der Waals surface area (Å²) in [5.74, 6) is 2.28. The van der Waals surface area contributed by atoms with Crippen LogP contribution < -0.4 is 19.9 Å². The van der Waals surface area contributed by atoms with Crippen molar-refractivity contribution in [1.82, 2.24) is 0 Å². The largest absolute Gasteiger partial charge is 0.496 e. The average Bonchev–Trinajstić information content (AvgIpc) is 2.50. The Bertz CT molecular complexity index is 464. The molecule has 0 saturated heterocycles. The van der Waals surface area contributed by atoms with Crippen LogP contribution in [0, 0.1) is 5.41 Å². The molecule has 0 unspecified atom stereocenters. The number of hydrogen-bond acceptors (Lipinski definition) is 5. The molecule has 0 fully saturated rings. The summed E-state index contributed by atoms with van der Waals surface area (Å²) >= 11 is 0. The first-order valence-electron chi connectivity index (χ1n) is 6.77. The van der Waals surface area contributed by atoms with Gasteiger partial charge in [-0.15, -0.1) is 0 Å². The molecule has 0 aliphatic heterocycles.